The first-order chi connectivity index (χ1) is 14.5. The maximum atomic E-state index is 11.0. The maximum absolute atomic E-state index is 11.0. The Balaban J connectivity index is 1.25. The summed E-state index contributed by atoms with van der Waals surface area (Å²) in [5, 5.41) is 14.8. The van der Waals surface area contributed by atoms with Gasteiger partial charge in [-0.05, 0) is 86.1 Å². The van der Waals surface area contributed by atoms with Gasteiger partial charge in [-0.1, -0.05) is 30.3 Å². The molecule has 2 aromatic carbocycles. The van der Waals surface area contributed by atoms with E-state index >= 15 is 0 Å². The van der Waals surface area contributed by atoms with E-state index in [-0.39, 0.29) is 5.54 Å². The van der Waals surface area contributed by atoms with Crippen LogP contribution in [0.25, 0.3) is 0 Å². The zero-order valence-electron chi connectivity index (χ0n) is 18.1. The summed E-state index contributed by atoms with van der Waals surface area (Å²) < 4.78 is 11.7. The SMILES string of the molecule is COc1cc(CNC23CC4CC(CC(O)(C4)C2)C3)ccc1OCc1ccccc1C. The molecule has 0 saturated heterocycles. The van der Waals surface area contributed by atoms with Crippen LogP contribution in [0.4, 0.5) is 0 Å². The van der Waals surface area contributed by atoms with Crippen LogP contribution in [0.3, 0.4) is 0 Å². The summed E-state index contributed by atoms with van der Waals surface area (Å²) in [5.74, 6) is 2.92. The lowest BCUT2D eigenvalue weighted by Crippen LogP contribution is -2.64. The Hall–Kier alpha value is -2.04. The highest BCUT2D eigenvalue weighted by molar-refractivity contribution is 5.43. The molecule has 0 amide bonds. The van der Waals surface area contributed by atoms with Crippen LogP contribution in [0.15, 0.2) is 42.5 Å². The van der Waals surface area contributed by atoms with Gasteiger partial charge in [-0.15, -0.1) is 0 Å². The third kappa shape index (κ3) is 3.83. The summed E-state index contributed by atoms with van der Waals surface area (Å²) in [6, 6.07) is 14.5. The second kappa shape index (κ2) is 7.58. The van der Waals surface area contributed by atoms with Gasteiger partial charge < -0.3 is 19.9 Å². The van der Waals surface area contributed by atoms with E-state index in [1.807, 2.05) is 18.2 Å². The van der Waals surface area contributed by atoms with Crippen LogP contribution < -0.4 is 14.8 Å². The Morgan fingerprint density at radius 3 is 2.50 bits per heavy atom. The molecule has 4 fully saturated rings. The van der Waals surface area contributed by atoms with Crippen molar-refractivity contribution in [3.63, 3.8) is 0 Å². The van der Waals surface area contributed by atoms with Gasteiger partial charge in [0, 0.05) is 12.1 Å². The molecule has 0 aliphatic heterocycles. The molecule has 2 N–H and O–H groups in total. The summed E-state index contributed by atoms with van der Waals surface area (Å²) in [4.78, 5) is 0. The van der Waals surface area contributed by atoms with E-state index in [4.69, 9.17) is 9.47 Å². The van der Waals surface area contributed by atoms with E-state index in [2.05, 4.69) is 36.5 Å². The monoisotopic (exact) mass is 407 g/mol. The molecule has 0 radical (unpaired) electrons. The van der Waals surface area contributed by atoms with Crippen molar-refractivity contribution in [1.82, 2.24) is 5.32 Å². The van der Waals surface area contributed by atoms with Gasteiger partial charge in [-0.2, -0.15) is 0 Å². The molecule has 160 valence electrons. The molecule has 4 aliphatic carbocycles. The molecule has 4 nitrogen and oxygen atoms in total. The van der Waals surface area contributed by atoms with Crippen molar-refractivity contribution in [3.8, 4) is 11.5 Å². The van der Waals surface area contributed by atoms with Gasteiger partial charge in [0.15, 0.2) is 11.5 Å². The van der Waals surface area contributed by atoms with Gasteiger partial charge in [0.2, 0.25) is 0 Å². The first-order valence-electron chi connectivity index (χ1n) is 11.3. The van der Waals surface area contributed by atoms with Crippen LogP contribution in [0.1, 0.15) is 55.2 Å². The first-order valence-corrected chi connectivity index (χ1v) is 11.3. The van der Waals surface area contributed by atoms with Crippen LogP contribution in [0.5, 0.6) is 11.5 Å². The predicted octanol–water partition coefficient (Wildman–Crippen LogP) is 4.76. The normalized spacial score (nSPS) is 31.7. The van der Waals surface area contributed by atoms with Crippen LogP contribution >= 0.6 is 0 Å². The molecule has 4 aliphatic rings. The summed E-state index contributed by atoms with van der Waals surface area (Å²) >= 11 is 0. The van der Waals surface area contributed by atoms with Crippen LogP contribution in [-0.2, 0) is 13.2 Å². The van der Waals surface area contributed by atoms with Crippen molar-refractivity contribution in [1.29, 1.82) is 0 Å². The summed E-state index contributed by atoms with van der Waals surface area (Å²) in [5.41, 5.74) is 3.28. The second-order valence-electron chi connectivity index (χ2n) is 10.0. The lowest BCUT2D eigenvalue weighted by Gasteiger charge is -2.60. The molecule has 0 aromatic heterocycles. The molecular weight excluding hydrogens is 374 g/mol. The van der Waals surface area contributed by atoms with E-state index in [0.717, 1.165) is 37.3 Å². The first kappa shape index (κ1) is 19.9. The zero-order chi connectivity index (χ0) is 20.8. The van der Waals surface area contributed by atoms with Gasteiger partial charge in [-0.25, -0.2) is 0 Å². The van der Waals surface area contributed by atoms with E-state index in [1.165, 1.54) is 36.0 Å². The van der Waals surface area contributed by atoms with E-state index in [9.17, 15) is 5.11 Å². The number of nitrogens with one attached hydrogen (secondary N) is 1. The van der Waals surface area contributed by atoms with Gasteiger partial charge in [0.25, 0.3) is 0 Å². The highest BCUT2D eigenvalue weighted by atomic mass is 16.5. The van der Waals surface area contributed by atoms with Crippen molar-refractivity contribution in [2.75, 3.05) is 7.11 Å². The fourth-order valence-corrected chi connectivity index (χ4v) is 6.58. The van der Waals surface area contributed by atoms with Gasteiger partial charge in [0.05, 0.1) is 12.7 Å². The number of hydrogen-bond donors (Lipinski definition) is 2. The number of ether oxygens (including phenoxy) is 2. The Bertz CT molecular complexity index is 910. The molecule has 2 atom stereocenters. The molecule has 30 heavy (non-hydrogen) atoms. The zero-order valence-corrected chi connectivity index (χ0v) is 18.1. The number of hydrogen-bond acceptors (Lipinski definition) is 4. The topological polar surface area (TPSA) is 50.7 Å². The Kier molecular flexibility index (Phi) is 5.03. The smallest absolute Gasteiger partial charge is 0.161 e. The molecule has 0 heterocycles. The van der Waals surface area contributed by atoms with Crippen molar-refractivity contribution in [2.45, 2.75) is 69.7 Å². The average molecular weight is 408 g/mol. The second-order valence-corrected chi connectivity index (χ2v) is 10.0. The Morgan fingerprint density at radius 2 is 1.80 bits per heavy atom. The van der Waals surface area contributed by atoms with Crippen LogP contribution in [-0.4, -0.2) is 23.4 Å². The predicted molar refractivity (Wildman–Crippen MR) is 118 cm³/mol. The molecule has 4 saturated carbocycles. The molecule has 6 rings (SSSR count). The fraction of sp³-hybridized carbons (Fsp3) is 0.538. The third-order valence-corrected chi connectivity index (χ3v) is 7.57. The van der Waals surface area contributed by atoms with E-state index < -0.39 is 5.60 Å². The Morgan fingerprint density at radius 1 is 1.03 bits per heavy atom. The number of rotatable bonds is 7. The fourth-order valence-electron chi connectivity index (χ4n) is 6.58. The van der Waals surface area contributed by atoms with E-state index in [1.54, 1.807) is 7.11 Å². The highest BCUT2D eigenvalue weighted by Crippen LogP contribution is 2.57. The molecule has 2 unspecified atom stereocenters. The summed E-state index contributed by atoms with van der Waals surface area (Å²) in [6.45, 7) is 3.43. The third-order valence-electron chi connectivity index (χ3n) is 7.57. The Labute approximate surface area is 179 Å². The highest BCUT2D eigenvalue weighted by Gasteiger charge is 2.56. The lowest BCUT2D eigenvalue weighted by atomic mass is 9.51. The molecule has 4 heteroatoms. The quantitative estimate of drug-likeness (QED) is 0.695. The van der Waals surface area contributed by atoms with Gasteiger partial charge in [-0.3, -0.25) is 0 Å². The summed E-state index contributed by atoms with van der Waals surface area (Å²) in [7, 11) is 1.70. The average Bonchev–Trinajstić information content (AvgIpc) is 2.70. The van der Waals surface area contributed by atoms with Crippen molar-refractivity contribution < 1.29 is 14.6 Å². The number of methoxy groups -OCH3 is 1. The molecule has 4 bridgehead atoms. The van der Waals surface area contributed by atoms with Crippen molar-refractivity contribution >= 4 is 0 Å². The molecule has 0 spiro atoms. The maximum Gasteiger partial charge on any atom is 0.161 e. The van der Waals surface area contributed by atoms with Gasteiger partial charge >= 0.3 is 0 Å². The lowest BCUT2D eigenvalue weighted by molar-refractivity contribution is -0.142. The minimum Gasteiger partial charge on any atom is -0.493 e. The molecule has 2 aromatic rings. The largest absolute Gasteiger partial charge is 0.493 e. The van der Waals surface area contributed by atoms with Gasteiger partial charge in [0.1, 0.15) is 6.61 Å². The number of benzene rings is 2. The minimum atomic E-state index is -0.429. The standard InChI is InChI=1S/C26H33NO3/c1-18-5-3-4-6-22(18)16-30-23-8-7-19(10-24(23)29-2)15-27-25-11-20-9-21(12-25)14-26(28,13-20)17-25/h3-8,10,20-21,27-28H,9,11-17H2,1-2H3. The minimum absolute atomic E-state index is 0.103. The van der Waals surface area contributed by atoms with Crippen LogP contribution in [0, 0.1) is 18.8 Å². The number of aliphatic hydroxyl groups is 1. The van der Waals surface area contributed by atoms with Crippen molar-refractivity contribution in [3.05, 3.63) is 59.2 Å². The van der Waals surface area contributed by atoms with Crippen LogP contribution in [0.2, 0.25) is 0 Å². The van der Waals surface area contributed by atoms with E-state index in [0.29, 0.717) is 18.4 Å². The summed E-state index contributed by atoms with van der Waals surface area (Å²) in [6.07, 6.45) is 6.65. The van der Waals surface area contributed by atoms with Crippen molar-refractivity contribution in [2.24, 2.45) is 11.8 Å². The molecular formula is C26H33NO3. The number of aryl methyl sites for hydroxylation is 1.